The lowest BCUT2D eigenvalue weighted by atomic mass is 10.2. The van der Waals surface area contributed by atoms with Crippen LogP contribution in [0.5, 0.6) is 11.5 Å². The summed E-state index contributed by atoms with van der Waals surface area (Å²) in [7, 11) is 0. The second-order valence-corrected chi connectivity index (χ2v) is 3.75. The quantitative estimate of drug-likeness (QED) is 0.705. The molecule has 1 unspecified atom stereocenters. The van der Waals surface area contributed by atoms with Gasteiger partial charge in [0.2, 0.25) is 0 Å². The largest absolute Gasteiger partial charge is 0.486 e. The van der Waals surface area contributed by atoms with Crippen LogP contribution in [0.15, 0.2) is 18.2 Å². The van der Waals surface area contributed by atoms with Crippen LogP contribution in [0.25, 0.3) is 0 Å². The molecular weight excluding hydrogens is 232 g/mol. The van der Waals surface area contributed by atoms with Gasteiger partial charge < -0.3 is 9.47 Å². The number of aryl methyl sites for hydroxylation is 1. The minimum Gasteiger partial charge on any atom is -0.486 e. The van der Waals surface area contributed by atoms with Crippen LogP contribution >= 0.6 is 15.9 Å². The molecule has 0 aromatic heterocycles. The molecule has 0 saturated heterocycles. The molecule has 0 amide bonds. The molecule has 0 aliphatic carbocycles. The molecule has 0 spiro atoms. The zero-order valence-corrected chi connectivity index (χ0v) is 9.00. The third kappa shape index (κ3) is 1.66. The van der Waals surface area contributed by atoms with Gasteiger partial charge in [0, 0.05) is 5.33 Å². The first kappa shape index (κ1) is 8.88. The van der Waals surface area contributed by atoms with Crippen molar-refractivity contribution < 1.29 is 9.47 Å². The number of benzene rings is 1. The maximum absolute atomic E-state index is 5.69. The van der Waals surface area contributed by atoms with Gasteiger partial charge in [-0.3, -0.25) is 0 Å². The summed E-state index contributed by atoms with van der Waals surface area (Å²) in [6.07, 6.45) is 0.134. The van der Waals surface area contributed by atoms with Crippen molar-refractivity contribution in [2.24, 2.45) is 0 Å². The van der Waals surface area contributed by atoms with Gasteiger partial charge in [-0.15, -0.1) is 0 Å². The number of rotatable bonds is 1. The molecule has 13 heavy (non-hydrogen) atoms. The Bertz CT molecular complexity index is 312. The Labute approximate surface area is 86.0 Å². The van der Waals surface area contributed by atoms with Gasteiger partial charge in [0.1, 0.15) is 12.7 Å². The van der Waals surface area contributed by atoms with E-state index in [-0.39, 0.29) is 6.10 Å². The molecule has 2 rings (SSSR count). The lowest BCUT2D eigenvalue weighted by Crippen LogP contribution is -2.30. The van der Waals surface area contributed by atoms with Crippen molar-refractivity contribution in [3.05, 3.63) is 23.8 Å². The number of fused-ring (bicyclic) bond motifs is 1. The summed E-state index contributed by atoms with van der Waals surface area (Å²) in [5.74, 6) is 1.75. The predicted octanol–water partition coefficient (Wildman–Crippen LogP) is 2.53. The van der Waals surface area contributed by atoms with E-state index in [9.17, 15) is 0 Å². The molecule has 1 aromatic carbocycles. The Kier molecular flexibility index (Phi) is 2.44. The summed E-state index contributed by atoms with van der Waals surface area (Å²) in [5, 5.41) is 0.806. The lowest BCUT2D eigenvalue weighted by molar-refractivity contribution is 0.107. The topological polar surface area (TPSA) is 18.5 Å². The number of ether oxygens (including phenoxy) is 2. The van der Waals surface area contributed by atoms with E-state index in [0.29, 0.717) is 6.61 Å². The van der Waals surface area contributed by atoms with Gasteiger partial charge >= 0.3 is 0 Å². The van der Waals surface area contributed by atoms with Crippen LogP contribution in [0.3, 0.4) is 0 Å². The van der Waals surface area contributed by atoms with E-state index in [0.717, 1.165) is 22.4 Å². The average molecular weight is 243 g/mol. The molecule has 0 fully saturated rings. The summed E-state index contributed by atoms with van der Waals surface area (Å²) in [6.45, 7) is 2.65. The van der Waals surface area contributed by atoms with Crippen molar-refractivity contribution in [3.8, 4) is 11.5 Å². The van der Waals surface area contributed by atoms with Crippen molar-refractivity contribution >= 4 is 15.9 Å². The third-order valence-corrected chi connectivity index (χ3v) is 2.78. The highest BCUT2D eigenvalue weighted by atomic mass is 79.9. The fraction of sp³-hybridized carbons (Fsp3) is 0.400. The summed E-state index contributed by atoms with van der Waals surface area (Å²) < 4.78 is 11.3. The van der Waals surface area contributed by atoms with Crippen LogP contribution in [0, 0.1) is 6.92 Å². The van der Waals surface area contributed by atoms with Gasteiger partial charge in [-0.2, -0.15) is 0 Å². The van der Waals surface area contributed by atoms with Crippen molar-refractivity contribution in [2.75, 3.05) is 11.9 Å². The Morgan fingerprint density at radius 3 is 3.15 bits per heavy atom. The molecule has 1 aromatic rings. The molecular formula is C10H11BrO2. The summed E-state index contributed by atoms with van der Waals surface area (Å²) in [4.78, 5) is 0. The Hall–Kier alpha value is -0.700. The maximum atomic E-state index is 5.69. The van der Waals surface area contributed by atoms with Crippen molar-refractivity contribution in [2.45, 2.75) is 13.0 Å². The number of alkyl halides is 1. The van der Waals surface area contributed by atoms with Gasteiger partial charge in [-0.05, 0) is 18.6 Å². The van der Waals surface area contributed by atoms with Gasteiger partial charge in [0.25, 0.3) is 0 Å². The summed E-state index contributed by atoms with van der Waals surface area (Å²) in [5.41, 5.74) is 1.13. The van der Waals surface area contributed by atoms with Gasteiger partial charge in [-0.25, -0.2) is 0 Å². The van der Waals surface area contributed by atoms with Crippen LogP contribution in [-0.2, 0) is 0 Å². The van der Waals surface area contributed by atoms with Crippen LogP contribution in [-0.4, -0.2) is 18.0 Å². The third-order valence-electron chi connectivity index (χ3n) is 2.06. The first-order valence-electron chi connectivity index (χ1n) is 4.26. The number of hydrogen-bond donors (Lipinski definition) is 0. The van der Waals surface area contributed by atoms with Crippen LogP contribution in [0.2, 0.25) is 0 Å². The Morgan fingerprint density at radius 2 is 2.38 bits per heavy atom. The molecule has 1 aliphatic heterocycles. The summed E-state index contributed by atoms with van der Waals surface area (Å²) in [6, 6.07) is 5.95. The molecule has 0 radical (unpaired) electrons. The maximum Gasteiger partial charge on any atom is 0.164 e. The smallest absolute Gasteiger partial charge is 0.164 e. The predicted molar refractivity (Wildman–Crippen MR) is 54.9 cm³/mol. The van der Waals surface area contributed by atoms with Gasteiger partial charge in [-0.1, -0.05) is 28.1 Å². The minimum absolute atomic E-state index is 0.134. The molecule has 3 heteroatoms. The number of para-hydroxylation sites is 1. The fourth-order valence-electron chi connectivity index (χ4n) is 1.37. The van der Waals surface area contributed by atoms with Crippen molar-refractivity contribution in [1.82, 2.24) is 0 Å². The van der Waals surface area contributed by atoms with E-state index >= 15 is 0 Å². The number of halogens is 1. The van der Waals surface area contributed by atoms with Crippen LogP contribution < -0.4 is 9.47 Å². The van der Waals surface area contributed by atoms with E-state index in [2.05, 4.69) is 15.9 Å². The Balaban J connectivity index is 2.31. The summed E-state index contributed by atoms with van der Waals surface area (Å²) >= 11 is 3.38. The molecule has 2 nitrogen and oxygen atoms in total. The highest BCUT2D eigenvalue weighted by Crippen LogP contribution is 2.34. The molecule has 1 aliphatic rings. The van der Waals surface area contributed by atoms with E-state index in [1.54, 1.807) is 0 Å². The van der Waals surface area contributed by atoms with Crippen LogP contribution in [0.4, 0.5) is 0 Å². The van der Waals surface area contributed by atoms with E-state index < -0.39 is 0 Å². The van der Waals surface area contributed by atoms with Crippen molar-refractivity contribution in [1.29, 1.82) is 0 Å². The highest BCUT2D eigenvalue weighted by molar-refractivity contribution is 9.09. The molecule has 0 N–H and O–H groups in total. The molecule has 70 valence electrons. The molecule has 1 atom stereocenters. The first-order chi connectivity index (χ1) is 6.31. The monoisotopic (exact) mass is 242 g/mol. The first-order valence-corrected chi connectivity index (χ1v) is 5.38. The average Bonchev–Trinajstić information content (AvgIpc) is 2.18. The zero-order chi connectivity index (χ0) is 9.26. The van der Waals surface area contributed by atoms with E-state index in [1.165, 1.54) is 0 Å². The second kappa shape index (κ2) is 3.58. The highest BCUT2D eigenvalue weighted by Gasteiger charge is 2.20. The molecule has 1 heterocycles. The standard InChI is InChI=1S/C10H11BrO2/c1-7-3-2-4-9-10(7)12-6-8(5-11)13-9/h2-4,8H,5-6H2,1H3. The van der Waals surface area contributed by atoms with Gasteiger partial charge in [0.05, 0.1) is 0 Å². The SMILES string of the molecule is Cc1cccc2c1OCC(CBr)O2. The van der Waals surface area contributed by atoms with Gasteiger partial charge in [0.15, 0.2) is 11.5 Å². The normalized spacial score (nSPS) is 20.0. The molecule has 0 saturated carbocycles. The minimum atomic E-state index is 0.134. The zero-order valence-electron chi connectivity index (χ0n) is 7.42. The lowest BCUT2D eigenvalue weighted by Gasteiger charge is -2.26. The van der Waals surface area contributed by atoms with Crippen LogP contribution in [0.1, 0.15) is 5.56 Å². The van der Waals surface area contributed by atoms with Crippen molar-refractivity contribution in [3.63, 3.8) is 0 Å². The van der Waals surface area contributed by atoms with E-state index in [4.69, 9.17) is 9.47 Å². The van der Waals surface area contributed by atoms with E-state index in [1.807, 2.05) is 25.1 Å². The fourth-order valence-corrected chi connectivity index (χ4v) is 1.69. The second-order valence-electron chi connectivity index (χ2n) is 3.11. The molecule has 0 bridgehead atoms. The number of hydrogen-bond acceptors (Lipinski definition) is 2. The Morgan fingerprint density at radius 1 is 1.54 bits per heavy atom.